The average molecular weight is 157 g/mol. The third-order valence-corrected chi connectivity index (χ3v) is 2.19. The molecule has 0 aliphatic rings. The summed E-state index contributed by atoms with van der Waals surface area (Å²) in [6.07, 6.45) is 7.21. The summed E-state index contributed by atoms with van der Waals surface area (Å²) >= 11 is 0. The van der Waals surface area contributed by atoms with E-state index in [1.165, 1.54) is 32.1 Å². The van der Waals surface area contributed by atoms with E-state index in [2.05, 4.69) is 13.8 Å². The van der Waals surface area contributed by atoms with Gasteiger partial charge in [-0.3, -0.25) is 0 Å². The number of rotatable bonds is 7. The fourth-order valence-corrected chi connectivity index (χ4v) is 1.50. The third-order valence-electron chi connectivity index (χ3n) is 2.19. The second-order valence-corrected chi connectivity index (χ2v) is 3.29. The summed E-state index contributed by atoms with van der Waals surface area (Å²) in [6.45, 7) is 4.53. The van der Waals surface area contributed by atoms with Gasteiger partial charge in [-0.05, 0) is 12.3 Å². The van der Waals surface area contributed by atoms with Crippen LogP contribution in [-0.4, -0.2) is 6.61 Å². The minimum atomic E-state index is 0.119. The van der Waals surface area contributed by atoms with E-state index in [-0.39, 0.29) is 6.61 Å². The predicted molar refractivity (Wildman–Crippen MR) is 48.1 cm³/mol. The van der Waals surface area contributed by atoms with Crippen molar-refractivity contribution in [1.29, 1.82) is 0 Å². The fourth-order valence-electron chi connectivity index (χ4n) is 1.50. The highest BCUT2D eigenvalue weighted by Gasteiger charge is 2.05. The molecule has 1 unspecified atom stereocenters. The molecule has 0 saturated heterocycles. The van der Waals surface area contributed by atoms with Gasteiger partial charge in [-0.1, -0.05) is 46.0 Å². The van der Waals surface area contributed by atoms with Crippen molar-refractivity contribution in [2.24, 2.45) is 5.92 Å². The topological polar surface area (TPSA) is 19.9 Å². The minimum Gasteiger partial charge on any atom is -0.237 e. The summed E-state index contributed by atoms with van der Waals surface area (Å²) in [5, 5.41) is 10.4. The number of unbranched alkanes of at least 4 members (excludes halogenated alkanes) is 1. The van der Waals surface area contributed by atoms with Crippen molar-refractivity contribution in [1.82, 2.24) is 0 Å². The van der Waals surface area contributed by atoms with Gasteiger partial charge in [0.15, 0.2) is 0 Å². The van der Waals surface area contributed by atoms with Crippen LogP contribution in [0.2, 0.25) is 0 Å². The lowest BCUT2D eigenvalue weighted by Gasteiger charge is -2.12. The molecule has 0 bridgehead atoms. The van der Waals surface area contributed by atoms with Crippen molar-refractivity contribution in [3.05, 3.63) is 0 Å². The second-order valence-electron chi connectivity index (χ2n) is 3.29. The third kappa shape index (κ3) is 6.36. The molecule has 0 fully saturated rings. The number of hydrogen-bond acceptors (Lipinski definition) is 0. The van der Waals surface area contributed by atoms with Gasteiger partial charge in [-0.15, -0.1) is 0 Å². The zero-order valence-corrected chi connectivity index (χ0v) is 7.94. The zero-order chi connectivity index (χ0) is 8.53. The molecule has 0 saturated carbocycles. The highest BCUT2D eigenvalue weighted by atomic mass is 16.3. The smallest absolute Gasteiger partial charge is 0.0825 e. The quantitative estimate of drug-likeness (QED) is 0.539. The molecule has 1 radical (unpaired) electrons. The van der Waals surface area contributed by atoms with Crippen molar-refractivity contribution in [2.45, 2.75) is 52.4 Å². The van der Waals surface area contributed by atoms with Crippen LogP contribution in [0.5, 0.6) is 0 Å². The molecular formula is C10H21O. The lowest BCUT2D eigenvalue weighted by Crippen LogP contribution is -2.02. The van der Waals surface area contributed by atoms with Crippen molar-refractivity contribution in [3.8, 4) is 0 Å². The summed E-state index contributed by atoms with van der Waals surface area (Å²) < 4.78 is 0. The predicted octanol–water partition coefficient (Wildman–Crippen LogP) is 3.41. The molecule has 1 nitrogen and oxygen atoms in total. The normalized spacial score (nSPS) is 13.4. The van der Waals surface area contributed by atoms with Gasteiger partial charge in [0.05, 0.1) is 6.61 Å². The molecule has 67 valence electrons. The summed E-state index contributed by atoms with van der Waals surface area (Å²) in [4.78, 5) is 0. The van der Waals surface area contributed by atoms with Crippen LogP contribution in [0.1, 0.15) is 52.4 Å². The van der Waals surface area contributed by atoms with E-state index >= 15 is 0 Å². The van der Waals surface area contributed by atoms with Crippen LogP contribution in [0.3, 0.4) is 0 Å². The maximum absolute atomic E-state index is 10.4. The lowest BCUT2D eigenvalue weighted by molar-refractivity contribution is 0.164. The van der Waals surface area contributed by atoms with E-state index in [1.807, 2.05) is 0 Å². The maximum Gasteiger partial charge on any atom is 0.0825 e. The Hall–Kier alpha value is -0.0400. The molecule has 11 heavy (non-hydrogen) atoms. The van der Waals surface area contributed by atoms with Gasteiger partial charge in [0.2, 0.25) is 0 Å². The minimum absolute atomic E-state index is 0.119. The van der Waals surface area contributed by atoms with Crippen molar-refractivity contribution >= 4 is 0 Å². The van der Waals surface area contributed by atoms with E-state index in [9.17, 15) is 5.11 Å². The van der Waals surface area contributed by atoms with Crippen molar-refractivity contribution in [3.63, 3.8) is 0 Å². The van der Waals surface area contributed by atoms with Gasteiger partial charge >= 0.3 is 0 Å². The molecule has 1 atom stereocenters. The Labute approximate surface area is 70.8 Å². The average Bonchev–Trinajstić information content (AvgIpc) is 2.01. The van der Waals surface area contributed by atoms with Gasteiger partial charge in [-0.2, -0.15) is 0 Å². The molecule has 0 aromatic rings. The Morgan fingerprint density at radius 3 is 2.18 bits per heavy atom. The van der Waals surface area contributed by atoms with Gasteiger partial charge in [0.25, 0.3) is 0 Å². The molecule has 0 aromatic carbocycles. The summed E-state index contributed by atoms with van der Waals surface area (Å²) in [7, 11) is 0. The first-order chi connectivity index (χ1) is 5.35. The molecule has 0 amide bonds. The first-order valence-electron chi connectivity index (χ1n) is 4.93. The van der Waals surface area contributed by atoms with Crippen LogP contribution < -0.4 is 0 Å². The number of hydrogen-bond donors (Lipinski definition) is 0. The van der Waals surface area contributed by atoms with E-state index in [0.29, 0.717) is 0 Å². The highest BCUT2D eigenvalue weighted by molar-refractivity contribution is 4.57. The Bertz CT molecular complexity index is 65.3. The van der Waals surface area contributed by atoms with E-state index in [0.717, 1.165) is 12.3 Å². The molecular weight excluding hydrogens is 136 g/mol. The maximum atomic E-state index is 10.4. The Morgan fingerprint density at radius 1 is 1.00 bits per heavy atom. The van der Waals surface area contributed by atoms with Gasteiger partial charge < -0.3 is 0 Å². The van der Waals surface area contributed by atoms with Crippen LogP contribution in [0.4, 0.5) is 0 Å². The monoisotopic (exact) mass is 157 g/mol. The van der Waals surface area contributed by atoms with E-state index < -0.39 is 0 Å². The van der Waals surface area contributed by atoms with Crippen LogP contribution in [0.25, 0.3) is 0 Å². The van der Waals surface area contributed by atoms with E-state index in [4.69, 9.17) is 0 Å². The fraction of sp³-hybridized carbons (Fsp3) is 1.00. The van der Waals surface area contributed by atoms with Crippen LogP contribution in [0.15, 0.2) is 0 Å². The Morgan fingerprint density at radius 2 is 1.73 bits per heavy atom. The summed E-state index contributed by atoms with van der Waals surface area (Å²) in [6, 6.07) is 0. The Kier molecular flexibility index (Phi) is 8.03. The van der Waals surface area contributed by atoms with E-state index in [1.54, 1.807) is 0 Å². The van der Waals surface area contributed by atoms with Crippen LogP contribution >= 0.6 is 0 Å². The standard InChI is InChI=1S/C10H21O/c1-3-5-7-10(6-4-2)8-9-11/h10H,3-9H2,1-2H3. The first kappa shape index (κ1) is 11.0. The second kappa shape index (κ2) is 8.06. The molecule has 0 spiro atoms. The highest BCUT2D eigenvalue weighted by Crippen LogP contribution is 2.17. The van der Waals surface area contributed by atoms with Crippen molar-refractivity contribution < 1.29 is 5.11 Å². The van der Waals surface area contributed by atoms with Gasteiger partial charge in [0.1, 0.15) is 0 Å². The SMILES string of the molecule is CCCCC(CCC)CC[O]. The van der Waals surface area contributed by atoms with Crippen LogP contribution in [0, 0.1) is 5.92 Å². The summed E-state index contributed by atoms with van der Waals surface area (Å²) in [5.74, 6) is 0.720. The van der Waals surface area contributed by atoms with Crippen LogP contribution in [-0.2, 0) is 5.11 Å². The zero-order valence-electron chi connectivity index (χ0n) is 7.94. The summed E-state index contributed by atoms with van der Waals surface area (Å²) in [5.41, 5.74) is 0. The molecule has 1 heteroatoms. The van der Waals surface area contributed by atoms with Gasteiger partial charge in [-0.25, -0.2) is 5.11 Å². The lowest BCUT2D eigenvalue weighted by atomic mass is 9.94. The van der Waals surface area contributed by atoms with Crippen molar-refractivity contribution in [2.75, 3.05) is 6.61 Å². The first-order valence-corrected chi connectivity index (χ1v) is 4.93. The molecule has 0 aliphatic carbocycles. The molecule has 0 aliphatic heterocycles. The molecule has 0 aromatic heterocycles. The Balaban J connectivity index is 3.34. The molecule has 0 heterocycles. The largest absolute Gasteiger partial charge is 0.237 e. The molecule has 0 rings (SSSR count). The van der Waals surface area contributed by atoms with Gasteiger partial charge in [0, 0.05) is 0 Å². The molecule has 0 N–H and O–H groups in total.